The maximum atomic E-state index is 4.37. The molecule has 0 bridgehead atoms. The predicted octanol–water partition coefficient (Wildman–Crippen LogP) is 2.46. The average molecular weight is 242 g/mol. The summed E-state index contributed by atoms with van der Waals surface area (Å²) in [5.74, 6) is 0.935. The van der Waals surface area contributed by atoms with Gasteiger partial charge in [0.05, 0.1) is 17.9 Å². The van der Waals surface area contributed by atoms with Crippen molar-refractivity contribution < 1.29 is 0 Å². The fraction of sp³-hybridized carbons (Fsp3) is 0.286. The first-order valence-electron chi connectivity index (χ1n) is 5.94. The molecular formula is C14H18N4. The van der Waals surface area contributed by atoms with Crippen LogP contribution in [0.5, 0.6) is 0 Å². The van der Waals surface area contributed by atoms with Gasteiger partial charge in [0, 0.05) is 26.5 Å². The zero-order valence-corrected chi connectivity index (χ0v) is 11.0. The van der Waals surface area contributed by atoms with E-state index in [1.54, 1.807) is 6.20 Å². The highest BCUT2D eigenvalue weighted by atomic mass is 15.2. The number of nitrogens with zero attached hydrogens (tertiary/aromatic N) is 3. The number of rotatable bonds is 4. The third-order valence-corrected chi connectivity index (χ3v) is 2.64. The highest BCUT2D eigenvalue weighted by Crippen LogP contribution is 2.20. The molecule has 18 heavy (non-hydrogen) atoms. The smallest absolute Gasteiger partial charge is 0.151 e. The Morgan fingerprint density at radius 2 is 2.00 bits per heavy atom. The second-order valence-corrected chi connectivity index (χ2v) is 4.45. The van der Waals surface area contributed by atoms with Gasteiger partial charge < -0.3 is 10.2 Å². The maximum Gasteiger partial charge on any atom is 0.151 e. The Kier molecular flexibility index (Phi) is 3.77. The first-order valence-corrected chi connectivity index (χ1v) is 5.94. The van der Waals surface area contributed by atoms with Gasteiger partial charge in [0.25, 0.3) is 0 Å². The van der Waals surface area contributed by atoms with Crippen LogP contribution >= 0.6 is 0 Å². The monoisotopic (exact) mass is 242 g/mol. The molecule has 4 nitrogen and oxygen atoms in total. The van der Waals surface area contributed by atoms with E-state index in [0.717, 1.165) is 17.2 Å². The van der Waals surface area contributed by atoms with Crippen LogP contribution in [0.4, 0.5) is 11.5 Å². The van der Waals surface area contributed by atoms with E-state index < -0.39 is 0 Å². The minimum absolute atomic E-state index is 0.701. The van der Waals surface area contributed by atoms with Crippen molar-refractivity contribution in [3.8, 4) is 0 Å². The quantitative estimate of drug-likeness (QED) is 0.894. The first kappa shape index (κ1) is 12.4. The predicted molar refractivity (Wildman–Crippen MR) is 74.9 cm³/mol. The maximum absolute atomic E-state index is 4.37. The van der Waals surface area contributed by atoms with E-state index >= 15 is 0 Å². The molecular weight excluding hydrogens is 224 g/mol. The molecule has 0 atom stereocenters. The van der Waals surface area contributed by atoms with E-state index in [1.807, 2.05) is 50.3 Å². The van der Waals surface area contributed by atoms with Crippen molar-refractivity contribution in [2.75, 3.05) is 24.3 Å². The van der Waals surface area contributed by atoms with Crippen molar-refractivity contribution >= 4 is 11.5 Å². The van der Waals surface area contributed by atoms with Gasteiger partial charge in [-0.2, -0.15) is 0 Å². The van der Waals surface area contributed by atoms with E-state index in [0.29, 0.717) is 6.54 Å². The molecule has 2 aromatic rings. The summed E-state index contributed by atoms with van der Waals surface area (Å²) >= 11 is 0. The minimum Gasteiger partial charge on any atom is -0.376 e. The number of anilines is 2. The van der Waals surface area contributed by atoms with Crippen LogP contribution in [0.1, 0.15) is 11.3 Å². The van der Waals surface area contributed by atoms with Crippen molar-refractivity contribution in [2.45, 2.75) is 13.5 Å². The van der Waals surface area contributed by atoms with Crippen LogP contribution in [0, 0.1) is 6.92 Å². The summed E-state index contributed by atoms with van der Waals surface area (Å²) < 4.78 is 0. The SMILES string of the molecule is Cc1ccc(CNc2cccnc2N(C)C)nc1. The van der Waals surface area contributed by atoms with Gasteiger partial charge >= 0.3 is 0 Å². The lowest BCUT2D eigenvalue weighted by molar-refractivity contribution is 1.01. The van der Waals surface area contributed by atoms with Crippen molar-refractivity contribution in [1.82, 2.24) is 9.97 Å². The van der Waals surface area contributed by atoms with E-state index in [4.69, 9.17) is 0 Å². The molecule has 94 valence electrons. The molecule has 0 amide bonds. The van der Waals surface area contributed by atoms with Crippen molar-refractivity contribution in [1.29, 1.82) is 0 Å². The summed E-state index contributed by atoms with van der Waals surface area (Å²) in [5, 5.41) is 3.36. The normalized spacial score (nSPS) is 10.2. The molecule has 0 saturated carbocycles. The average Bonchev–Trinajstić information content (AvgIpc) is 2.38. The third kappa shape index (κ3) is 2.97. The molecule has 2 aromatic heterocycles. The second kappa shape index (κ2) is 5.49. The topological polar surface area (TPSA) is 41.1 Å². The summed E-state index contributed by atoms with van der Waals surface area (Å²) in [6, 6.07) is 8.06. The molecule has 0 aliphatic carbocycles. The number of hydrogen-bond donors (Lipinski definition) is 1. The third-order valence-electron chi connectivity index (χ3n) is 2.64. The van der Waals surface area contributed by atoms with E-state index in [1.165, 1.54) is 5.56 Å². The van der Waals surface area contributed by atoms with Gasteiger partial charge in [-0.1, -0.05) is 6.07 Å². The molecule has 0 radical (unpaired) electrons. The fourth-order valence-corrected chi connectivity index (χ4v) is 1.68. The van der Waals surface area contributed by atoms with Crippen LogP contribution in [-0.4, -0.2) is 24.1 Å². The molecule has 0 aromatic carbocycles. The van der Waals surface area contributed by atoms with Crippen LogP contribution in [0.25, 0.3) is 0 Å². The van der Waals surface area contributed by atoms with Crippen LogP contribution in [0.15, 0.2) is 36.7 Å². The number of hydrogen-bond acceptors (Lipinski definition) is 4. The van der Waals surface area contributed by atoms with Crippen LogP contribution in [0.2, 0.25) is 0 Å². The Morgan fingerprint density at radius 3 is 2.67 bits per heavy atom. The summed E-state index contributed by atoms with van der Waals surface area (Å²) in [7, 11) is 3.97. The largest absolute Gasteiger partial charge is 0.376 e. The van der Waals surface area contributed by atoms with Crippen molar-refractivity contribution in [3.05, 3.63) is 47.9 Å². The summed E-state index contributed by atoms with van der Waals surface area (Å²) in [6.45, 7) is 2.74. The molecule has 1 N–H and O–H groups in total. The lowest BCUT2D eigenvalue weighted by Gasteiger charge is -2.16. The number of aryl methyl sites for hydroxylation is 1. The molecule has 0 saturated heterocycles. The number of aromatic nitrogens is 2. The molecule has 0 aliphatic heterocycles. The summed E-state index contributed by atoms with van der Waals surface area (Å²) in [6.07, 6.45) is 3.68. The highest BCUT2D eigenvalue weighted by molar-refractivity contribution is 5.64. The van der Waals surface area contributed by atoms with E-state index in [9.17, 15) is 0 Å². The molecule has 4 heteroatoms. The number of nitrogens with one attached hydrogen (secondary N) is 1. The molecule has 0 unspecified atom stereocenters. The van der Waals surface area contributed by atoms with Gasteiger partial charge in [-0.3, -0.25) is 4.98 Å². The second-order valence-electron chi connectivity index (χ2n) is 4.45. The van der Waals surface area contributed by atoms with E-state index in [-0.39, 0.29) is 0 Å². The van der Waals surface area contributed by atoms with Gasteiger partial charge in [-0.05, 0) is 30.7 Å². The Bertz CT molecular complexity index is 505. The summed E-state index contributed by atoms with van der Waals surface area (Å²) in [5.41, 5.74) is 3.22. The molecule has 0 fully saturated rings. The Hall–Kier alpha value is -2.10. The van der Waals surface area contributed by atoms with Gasteiger partial charge in [0.1, 0.15) is 0 Å². The molecule has 0 aliphatic rings. The van der Waals surface area contributed by atoms with Gasteiger partial charge in [0.15, 0.2) is 5.82 Å². The number of pyridine rings is 2. The fourth-order valence-electron chi connectivity index (χ4n) is 1.68. The van der Waals surface area contributed by atoms with E-state index in [2.05, 4.69) is 21.4 Å². The van der Waals surface area contributed by atoms with Crippen molar-refractivity contribution in [3.63, 3.8) is 0 Å². The van der Waals surface area contributed by atoms with Gasteiger partial charge in [-0.25, -0.2) is 4.98 Å². The first-order chi connectivity index (χ1) is 8.66. The summed E-state index contributed by atoms with van der Waals surface area (Å²) in [4.78, 5) is 10.7. The Morgan fingerprint density at radius 1 is 1.17 bits per heavy atom. The van der Waals surface area contributed by atoms with Gasteiger partial charge in [-0.15, -0.1) is 0 Å². The lowest BCUT2D eigenvalue weighted by Crippen LogP contribution is -2.14. The van der Waals surface area contributed by atoms with Crippen molar-refractivity contribution in [2.24, 2.45) is 0 Å². The van der Waals surface area contributed by atoms with Crippen LogP contribution < -0.4 is 10.2 Å². The van der Waals surface area contributed by atoms with Gasteiger partial charge in [0.2, 0.25) is 0 Å². The standard InChI is InChI=1S/C14H18N4/c1-11-6-7-12(16-9-11)10-17-13-5-4-8-15-14(13)18(2)3/h4-9,17H,10H2,1-3H3. The van der Waals surface area contributed by atoms with Crippen LogP contribution in [-0.2, 0) is 6.54 Å². The zero-order chi connectivity index (χ0) is 13.0. The molecule has 2 heterocycles. The highest BCUT2D eigenvalue weighted by Gasteiger charge is 2.04. The minimum atomic E-state index is 0.701. The molecule has 2 rings (SSSR count). The lowest BCUT2D eigenvalue weighted by atomic mass is 10.2. The zero-order valence-electron chi connectivity index (χ0n) is 11.0. The Balaban J connectivity index is 2.08. The van der Waals surface area contributed by atoms with Crippen LogP contribution in [0.3, 0.4) is 0 Å². The molecule has 0 spiro atoms. The Labute approximate surface area is 108 Å².